The fourth-order valence-corrected chi connectivity index (χ4v) is 3.11. The third-order valence-corrected chi connectivity index (χ3v) is 4.02. The summed E-state index contributed by atoms with van der Waals surface area (Å²) in [5.41, 5.74) is 6.82. The van der Waals surface area contributed by atoms with Crippen molar-refractivity contribution in [1.82, 2.24) is 4.90 Å². The minimum Gasteiger partial charge on any atom is -0.378 e. The summed E-state index contributed by atoms with van der Waals surface area (Å²) in [6.07, 6.45) is 1.90. The Kier molecular flexibility index (Phi) is 3.33. The summed E-state index contributed by atoms with van der Waals surface area (Å²) in [4.78, 5) is 2.37. The van der Waals surface area contributed by atoms with Crippen LogP contribution in [0.4, 0.5) is 4.39 Å². The third kappa shape index (κ3) is 2.28. The zero-order valence-electron chi connectivity index (χ0n) is 10.4. The van der Waals surface area contributed by atoms with Gasteiger partial charge in [0.2, 0.25) is 0 Å². The van der Waals surface area contributed by atoms with E-state index in [2.05, 4.69) is 4.90 Å². The van der Waals surface area contributed by atoms with Crippen molar-refractivity contribution < 1.29 is 9.13 Å². The van der Waals surface area contributed by atoms with Gasteiger partial charge in [0.05, 0.1) is 13.2 Å². The molecule has 18 heavy (non-hydrogen) atoms. The van der Waals surface area contributed by atoms with E-state index < -0.39 is 0 Å². The molecule has 3 nitrogen and oxygen atoms in total. The van der Waals surface area contributed by atoms with Crippen LogP contribution in [-0.4, -0.2) is 36.2 Å². The summed E-state index contributed by atoms with van der Waals surface area (Å²) in [5.74, 6) is -0.119. The second-order valence-electron chi connectivity index (χ2n) is 5.34. The number of fused-ring (bicyclic) bond motifs is 2. The Hall–Kier alpha value is -0.970. The zero-order chi connectivity index (χ0) is 12.5. The quantitative estimate of drug-likeness (QED) is 0.865. The standard InChI is InChI=1S/C14H19FN2O/c15-14-4-2-1-3-10(14)7-17-12-5-11(16)6-13(17)9-18-8-12/h1-4,11-13H,5-9,16H2. The first-order valence-electron chi connectivity index (χ1n) is 6.56. The fraction of sp³-hybridized carbons (Fsp3) is 0.571. The number of morpholine rings is 1. The van der Waals surface area contributed by atoms with Crippen molar-refractivity contribution in [2.24, 2.45) is 5.73 Å². The van der Waals surface area contributed by atoms with Crippen molar-refractivity contribution in [2.45, 2.75) is 37.5 Å². The van der Waals surface area contributed by atoms with Gasteiger partial charge in [0.25, 0.3) is 0 Å². The van der Waals surface area contributed by atoms with E-state index in [0.29, 0.717) is 18.6 Å². The van der Waals surface area contributed by atoms with E-state index in [1.165, 1.54) is 6.07 Å². The lowest BCUT2D eigenvalue weighted by molar-refractivity contribution is -0.0822. The summed E-state index contributed by atoms with van der Waals surface area (Å²) in [6, 6.07) is 7.95. The summed E-state index contributed by atoms with van der Waals surface area (Å²) < 4.78 is 19.3. The first-order chi connectivity index (χ1) is 8.74. The van der Waals surface area contributed by atoms with Crippen LogP contribution in [0.5, 0.6) is 0 Å². The van der Waals surface area contributed by atoms with Gasteiger partial charge < -0.3 is 10.5 Å². The minimum absolute atomic E-state index is 0.119. The van der Waals surface area contributed by atoms with E-state index in [-0.39, 0.29) is 11.9 Å². The first kappa shape index (κ1) is 12.1. The van der Waals surface area contributed by atoms with E-state index in [4.69, 9.17) is 10.5 Å². The van der Waals surface area contributed by atoms with Crippen molar-refractivity contribution in [3.8, 4) is 0 Å². The van der Waals surface area contributed by atoms with Crippen LogP contribution < -0.4 is 5.73 Å². The summed E-state index contributed by atoms with van der Waals surface area (Å²) in [5, 5.41) is 0. The molecule has 98 valence electrons. The van der Waals surface area contributed by atoms with E-state index in [0.717, 1.165) is 31.6 Å². The van der Waals surface area contributed by atoms with E-state index in [9.17, 15) is 4.39 Å². The Morgan fingerprint density at radius 3 is 2.56 bits per heavy atom. The van der Waals surface area contributed by atoms with Crippen molar-refractivity contribution in [2.75, 3.05) is 13.2 Å². The van der Waals surface area contributed by atoms with E-state index >= 15 is 0 Å². The molecule has 2 fully saturated rings. The number of hydrogen-bond acceptors (Lipinski definition) is 3. The molecule has 2 heterocycles. The molecule has 0 aliphatic carbocycles. The van der Waals surface area contributed by atoms with Crippen LogP contribution in [0, 0.1) is 5.82 Å². The second kappa shape index (κ2) is 4.96. The van der Waals surface area contributed by atoms with Crippen LogP contribution in [0.25, 0.3) is 0 Å². The molecule has 1 aromatic carbocycles. The molecular weight excluding hydrogens is 231 g/mol. The molecule has 2 bridgehead atoms. The van der Waals surface area contributed by atoms with Gasteiger partial charge in [0, 0.05) is 30.2 Å². The SMILES string of the molecule is NC1CC2COCC(C1)N2Cc1ccccc1F. The van der Waals surface area contributed by atoms with Gasteiger partial charge in [-0.3, -0.25) is 4.90 Å². The minimum atomic E-state index is -0.119. The number of halogens is 1. The molecule has 0 amide bonds. The predicted molar refractivity (Wildman–Crippen MR) is 67.5 cm³/mol. The van der Waals surface area contributed by atoms with Gasteiger partial charge in [-0.2, -0.15) is 0 Å². The summed E-state index contributed by atoms with van der Waals surface area (Å²) in [7, 11) is 0. The molecule has 0 radical (unpaired) electrons. The monoisotopic (exact) mass is 250 g/mol. The summed E-state index contributed by atoms with van der Waals surface area (Å²) in [6.45, 7) is 2.11. The molecule has 2 saturated heterocycles. The zero-order valence-corrected chi connectivity index (χ0v) is 10.4. The van der Waals surface area contributed by atoms with Gasteiger partial charge in [-0.05, 0) is 18.9 Å². The maximum atomic E-state index is 13.7. The lowest BCUT2D eigenvalue weighted by Gasteiger charge is -2.47. The number of hydrogen-bond donors (Lipinski definition) is 1. The number of rotatable bonds is 2. The van der Waals surface area contributed by atoms with Crippen molar-refractivity contribution in [1.29, 1.82) is 0 Å². The highest BCUT2D eigenvalue weighted by molar-refractivity contribution is 5.17. The summed E-state index contributed by atoms with van der Waals surface area (Å²) >= 11 is 0. The van der Waals surface area contributed by atoms with Gasteiger partial charge in [-0.25, -0.2) is 4.39 Å². The Balaban J connectivity index is 1.78. The number of nitrogens with two attached hydrogens (primary N) is 1. The van der Waals surface area contributed by atoms with Crippen molar-refractivity contribution >= 4 is 0 Å². The Labute approximate surface area is 107 Å². The number of nitrogens with zero attached hydrogens (tertiary/aromatic N) is 1. The van der Waals surface area contributed by atoms with Crippen LogP contribution >= 0.6 is 0 Å². The average Bonchev–Trinajstić information content (AvgIpc) is 2.33. The van der Waals surface area contributed by atoms with Gasteiger partial charge in [-0.1, -0.05) is 18.2 Å². The Morgan fingerprint density at radius 2 is 1.89 bits per heavy atom. The normalized spacial score (nSPS) is 32.4. The maximum Gasteiger partial charge on any atom is 0.127 e. The number of ether oxygens (including phenoxy) is 1. The molecule has 0 spiro atoms. The van der Waals surface area contributed by atoms with Gasteiger partial charge in [-0.15, -0.1) is 0 Å². The molecule has 2 unspecified atom stereocenters. The van der Waals surface area contributed by atoms with E-state index in [1.807, 2.05) is 12.1 Å². The molecule has 3 rings (SSSR count). The molecular formula is C14H19FN2O. The highest BCUT2D eigenvalue weighted by Gasteiger charge is 2.37. The lowest BCUT2D eigenvalue weighted by Crippen LogP contribution is -2.59. The highest BCUT2D eigenvalue weighted by Crippen LogP contribution is 2.28. The Morgan fingerprint density at radius 1 is 1.22 bits per heavy atom. The topological polar surface area (TPSA) is 38.5 Å². The number of piperidine rings is 1. The maximum absolute atomic E-state index is 13.7. The second-order valence-corrected chi connectivity index (χ2v) is 5.34. The average molecular weight is 250 g/mol. The number of benzene rings is 1. The molecule has 2 atom stereocenters. The molecule has 2 aliphatic heterocycles. The van der Waals surface area contributed by atoms with Gasteiger partial charge in [0.15, 0.2) is 0 Å². The first-order valence-corrected chi connectivity index (χ1v) is 6.56. The highest BCUT2D eigenvalue weighted by atomic mass is 19.1. The van der Waals surface area contributed by atoms with Crippen molar-refractivity contribution in [3.05, 3.63) is 35.6 Å². The third-order valence-electron chi connectivity index (χ3n) is 4.02. The molecule has 0 saturated carbocycles. The molecule has 0 aromatic heterocycles. The Bertz CT molecular complexity index is 412. The van der Waals surface area contributed by atoms with Crippen LogP contribution in [0.3, 0.4) is 0 Å². The molecule has 2 N–H and O–H groups in total. The lowest BCUT2D eigenvalue weighted by atomic mass is 9.90. The molecule has 1 aromatic rings. The molecule has 2 aliphatic rings. The van der Waals surface area contributed by atoms with Gasteiger partial charge in [0.1, 0.15) is 5.82 Å². The van der Waals surface area contributed by atoms with E-state index in [1.54, 1.807) is 6.07 Å². The van der Waals surface area contributed by atoms with Crippen molar-refractivity contribution in [3.63, 3.8) is 0 Å². The van der Waals surface area contributed by atoms with Crippen LogP contribution in [-0.2, 0) is 11.3 Å². The van der Waals surface area contributed by atoms with Crippen LogP contribution in [0.15, 0.2) is 24.3 Å². The van der Waals surface area contributed by atoms with Crippen LogP contribution in [0.2, 0.25) is 0 Å². The smallest absolute Gasteiger partial charge is 0.127 e. The predicted octanol–water partition coefficient (Wildman–Crippen LogP) is 1.52. The molecule has 4 heteroatoms. The van der Waals surface area contributed by atoms with Crippen LogP contribution in [0.1, 0.15) is 18.4 Å². The fourth-order valence-electron chi connectivity index (χ4n) is 3.11. The van der Waals surface area contributed by atoms with Gasteiger partial charge >= 0.3 is 0 Å². The largest absolute Gasteiger partial charge is 0.378 e.